The topological polar surface area (TPSA) is 112 Å². The molecule has 0 radical (unpaired) electrons. The maximum absolute atomic E-state index is 12.5. The highest BCUT2D eigenvalue weighted by molar-refractivity contribution is 7.18. The standard InChI is InChI=1S/C21H21ClN8O2S/c1-29(2)11-13-6-8-30(21(31)32-13)17-9-12(5-7-23-17)19-27-28-20(33-19)25-16-4-3-15-14(18(16)22)10-24-26-15/h3-5,7,9-10,13H,6,8,11H2,1-2H3,(H,24,26)(H,25,28). The van der Waals surface area contributed by atoms with Crippen LogP contribution in [0.1, 0.15) is 6.42 Å². The van der Waals surface area contributed by atoms with Crippen LogP contribution in [0.3, 0.4) is 0 Å². The number of carbonyl (C=O) groups is 1. The third-order valence-electron chi connectivity index (χ3n) is 5.23. The third-order valence-corrected chi connectivity index (χ3v) is 6.52. The highest BCUT2D eigenvalue weighted by Crippen LogP contribution is 2.35. The van der Waals surface area contributed by atoms with Gasteiger partial charge in [-0.1, -0.05) is 22.9 Å². The van der Waals surface area contributed by atoms with Crippen molar-refractivity contribution in [3.05, 3.63) is 41.7 Å². The lowest BCUT2D eigenvalue weighted by Gasteiger charge is -2.32. The van der Waals surface area contributed by atoms with Crippen LogP contribution in [0.5, 0.6) is 0 Å². The fraction of sp³-hybridized carbons (Fsp3) is 0.286. The smallest absolute Gasteiger partial charge is 0.415 e. The van der Waals surface area contributed by atoms with Gasteiger partial charge in [0.1, 0.15) is 16.9 Å². The molecule has 1 aliphatic rings. The molecule has 12 heteroatoms. The van der Waals surface area contributed by atoms with E-state index in [9.17, 15) is 4.79 Å². The molecule has 4 heterocycles. The largest absolute Gasteiger partial charge is 0.444 e. The van der Waals surface area contributed by atoms with Crippen molar-refractivity contribution >= 4 is 56.6 Å². The second-order valence-corrected chi connectivity index (χ2v) is 9.26. The van der Waals surface area contributed by atoms with E-state index in [1.807, 2.05) is 43.3 Å². The van der Waals surface area contributed by atoms with Crippen molar-refractivity contribution < 1.29 is 9.53 Å². The van der Waals surface area contributed by atoms with E-state index in [1.165, 1.54) is 11.3 Å². The SMILES string of the molecule is CN(C)CC1CCN(c2cc(-c3nnc(Nc4ccc5[nH]ncc5c4Cl)s3)ccn2)C(=O)O1. The molecule has 1 fully saturated rings. The number of halogens is 1. The van der Waals surface area contributed by atoms with Crippen molar-refractivity contribution in [2.75, 3.05) is 37.4 Å². The monoisotopic (exact) mass is 484 g/mol. The van der Waals surface area contributed by atoms with E-state index >= 15 is 0 Å². The zero-order valence-electron chi connectivity index (χ0n) is 17.9. The molecule has 2 N–H and O–H groups in total. The first-order valence-corrected chi connectivity index (χ1v) is 11.5. The quantitative estimate of drug-likeness (QED) is 0.419. The molecule has 1 atom stereocenters. The highest BCUT2D eigenvalue weighted by atomic mass is 35.5. The number of pyridine rings is 1. The van der Waals surface area contributed by atoms with Crippen LogP contribution in [0, 0.1) is 0 Å². The molecule has 1 saturated heterocycles. The average Bonchev–Trinajstić information content (AvgIpc) is 3.46. The first-order valence-electron chi connectivity index (χ1n) is 10.3. The Morgan fingerprint density at radius 1 is 1.33 bits per heavy atom. The highest BCUT2D eigenvalue weighted by Gasteiger charge is 2.29. The number of nitrogens with zero attached hydrogens (tertiary/aromatic N) is 6. The molecule has 5 rings (SSSR count). The molecule has 0 spiro atoms. The van der Waals surface area contributed by atoms with Gasteiger partial charge >= 0.3 is 6.09 Å². The molecular formula is C21H21ClN8O2S. The van der Waals surface area contributed by atoms with Gasteiger partial charge in [-0.3, -0.25) is 10.00 Å². The molecule has 1 aliphatic heterocycles. The van der Waals surface area contributed by atoms with Gasteiger partial charge in [0.15, 0.2) is 0 Å². The van der Waals surface area contributed by atoms with Crippen LogP contribution in [0.2, 0.25) is 5.02 Å². The molecule has 4 aromatic rings. The molecule has 1 aromatic carbocycles. The Kier molecular flexibility index (Phi) is 5.83. The zero-order valence-corrected chi connectivity index (χ0v) is 19.5. The van der Waals surface area contributed by atoms with Crippen LogP contribution in [0.15, 0.2) is 36.7 Å². The number of aromatic amines is 1. The van der Waals surface area contributed by atoms with E-state index in [0.717, 1.165) is 22.9 Å². The van der Waals surface area contributed by atoms with E-state index in [4.69, 9.17) is 16.3 Å². The number of amides is 1. The molecule has 0 aliphatic carbocycles. The van der Waals surface area contributed by atoms with E-state index in [-0.39, 0.29) is 12.2 Å². The summed E-state index contributed by atoms with van der Waals surface area (Å²) < 4.78 is 5.57. The molecule has 170 valence electrons. The number of rotatable bonds is 6. The fourth-order valence-corrected chi connectivity index (χ4v) is 4.67. The van der Waals surface area contributed by atoms with Crippen LogP contribution < -0.4 is 10.2 Å². The molecule has 1 amide bonds. The van der Waals surface area contributed by atoms with Crippen LogP contribution in [-0.2, 0) is 4.74 Å². The Labute approximate surface area is 198 Å². The molecule has 0 bridgehead atoms. The molecule has 3 aromatic heterocycles. The summed E-state index contributed by atoms with van der Waals surface area (Å²) in [4.78, 5) is 20.5. The summed E-state index contributed by atoms with van der Waals surface area (Å²) in [5.41, 5.74) is 2.38. The first kappa shape index (κ1) is 21.6. The van der Waals surface area contributed by atoms with Crippen LogP contribution >= 0.6 is 22.9 Å². The average molecular weight is 485 g/mol. The van der Waals surface area contributed by atoms with E-state index in [0.29, 0.717) is 39.8 Å². The van der Waals surface area contributed by atoms with Gasteiger partial charge < -0.3 is 15.0 Å². The molecule has 0 saturated carbocycles. The number of carbonyl (C=O) groups excluding carboxylic acids is 1. The predicted molar refractivity (Wildman–Crippen MR) is 128 cm³/mol. The maximum Gasteiger partial charge on any atom is 0.415 e. The van der Waals surface area contributed by atoms with Gasteiger partial charge in [-0.2, -0.15) is 5.10 Å². The lowest BCUT2D eigenvalue weighted by atomic mass is 10.2. The fourth-order valence-electron chi connectivity index (χ4n) is 3.66. The van der Waals surface area contributed by atoms with Gasteiger partial charge in [0.25, 0.3) is 0 Å². The number of ether oxygens (including phenoxy) is 1. The van der Waals surface area contributed by atoms with Crippen molar-refractivity contribution in [2.45, 2.75) is 12.5 Å². The number of hydrogen-bond donors (Lipinski definition) is 2. The van der Waals surface area contributed by atoms with Gasteiger partial charge in [-0.05, 0) is 38.4 Å². The minimum atomic E-state index is -0.387. The van der Waals surface area contributed by atoms with Crippen LogP contribution in [0.4, 0.5) is 21.4 Å². The van der Waals surface area contributed by atoms with Gasteiger partial charge in [-0.25, -0.2) is 9.78 Å². The molecule has 1 unspecified atom stereocenters. The lowest BCUT2D eigenvalue weighted by molar-refractivity contribution is 0.0677. The van der Waals surface area contributed by atoms with E-state index in [2.05, 4.69) is 30.7 Å². The summed E-state index contributed by atoms with van der Waals surface area (Å²) in [5, 5.41) is 21.3. The summed E-state index contributed by atoms with van der Waals surface area (Å²) >= 11 is 7.87. The maximum atomic E-state index is 12.5. The number of benzene rings is 1. The second-order valence-electron chi connectivity index (χ2n) is 7.91. The summed E-state index contributed by atoms with van der Waals surface area (Å²) in [5.74, 6) is 0.527. The van der Waals surface area contributed by atoms with Crippen LogP contribution in [0.25, 0.3) is 21.5 Å². The number of likely N-dealkylation sites (N-methyl/N-ethyl adjacent to an activating group) is 1. The van der Waals surface area contributed by atoms with Crippen molar-refractivity contribution in [3.63, 3.8) is 0 Å². The number of H-pyrrole nitrogens is 1. The zero-order chi connectivity index (χ0) is 22.9. The van der Waals surface area contributed by atoms with Gasteiger partial charge in [0, 0.05) is 36.7 Å². The molecule has 10 nitrogen and oxygen atoms in total. The predicted octanol–water partition coefficient (Wildman–Crippen LogP) is 4.15. The Morgan fingerprint density at radius 2 is 2.21 bits per heavy atom. The summed E-state index contributed by atoms with van der Waals surface area (Å²) in [6.07, 6.45) is 3.58. The Morgan fingerprint density at radius 3 is 3.03 bits per heavy atom. The van der Waals surface area contributed by atoms with E-state index < -0.39 is 0 Å². The number of hydrogen-bond acceptors (Lipinski definition) is 9. The minimum Gasteiger partial charge on any atom is -0.444 e. The number of aromatic nitrogens is 5. The Hall–Kier alpha value is -3.28. The molecule has 33 heavy (non-hydrogen) atoms. The van der Waals surface area contributed by atoms with Gasteiger partial charge in [0.2, 0.25) is 5.13 Å². The summed E-state index contributed by atoms with van der Waals surface area (Å²) in [6, 6.07) is 7.42. The minimum absolute atomic E-state index is 0.114. The van der Waals surface area contributed by atoms with Gasteiger partial charge in [0.05, 0.1) is 22.4 Å². The van der Waals surface area contributed by atoms with Crippen LogP contribution in [-0.4, -0.2) is 69.7 Å². The van der Waals surface area contributed by atoms with Crippen molar-refractivity contribution in [3.8, 4) is 10.6 Å². The molecular weight excluding hydrogens is 464 g/mol. The number of anilines is 3. The first-order chi connectivity index (χ1) is 16.0. The van der Waals surface area contributed by atoms with E-state index in [1.54, 1.807) is 17.3 Å². The third kappa shape index (κ3) is 4.47. The normalized spacial score (nSPS) is 16.4. The van der Waals surface area contributed by atoms with Crippen molar-refractivity contribution in [2.24, 2.45) is 0 Å². The number of fused-ring (bicyclic) bond motifs is 1. The Balaban J connectivity index is 1.32. The summed E-state index contributed by atoms with van der Waals surface area (Å²) in [7, 11) is 3.92. The van der Waals surface area contributed by atoms with Crippen molar-refractivity contribution in [1.82, 2.24) is 30.3 Å². The Bertz CT molecular complexity index is 1310. The van der Waals surface area contributed by atoms with Crippen molar-refractivity contribution in [1.29, 1.82) is 0 Å². The summed E-state index contributed by atoms with van der Waals surface area (Å²) in [6.45, 7) is 1.25. The lowest BCUT2D eigenvalue weighted by Crippen LogP contribution is -2.45. The van der Waals surface area contributed by atoms with Gasteiger partial charge in [-0.15, -0.1) is 10.2 Å². The number of cyclic esters (lactones) is 1. The number of nitrogens with one attached hydrogen (secondary N) is 2. The second kappa shape index (κ2) is 8.93.